The molecule has 0 aliphatic rings. The summed E-state index contributed by atoms with van der Waals surface area (Å²) in [6.07, 6.45) is 0. The van der Waals surface area contributed by atoms with E-state index in [1.165, 1.54) is 0 Å². The van der Waals surface area contributed by atoms with Crippen molar-refractivity contribution >= 4 is 22.5 Å². The van der Waals surface area contributed by atoms with Gasteiger partial charge in [-0.05, 0) is 43.7 Å². The molecule has 2 aromatic carbocycles. The van der Waals surface area contributed by atoms with E-state index < -0.39 is 0 Å². The summed E-state index contributed by atoms with van der Waals surface area (Å²) in [5.74, 6) is 0.599. The van der Waals surface area contributed by atoms with Gasteiger partial charge in [0, 0.05) is 17.0 Å². The van der Waals surface area contributed by atoms with Gasteiger partial charge in [0.05, 0.1) is 11.2 Å². The highest BCUT2D eigenvalue weighted by molar-refractivity contribution is 6.06. The van der Waals surface area contributed by atoms with Gasteiger partial charge in [-0.15, -0.1) is 0 Å². The Morgan fingerprint density at radius 1 is 0.923 bits per heavy atom. The molecular formula is C22H27N3O. The molecule has 4 heteroatoms. The number of rotatable bonds is 2. The van der Waals surface area contributed by atoms with Gasteiger partial charge in [-0.3, -0.25) is 4.79 Å². The number of amides is 1. The summed E-state index contributed by atoms with van der Waals surface area (Å²) in [5, 5.41) is 9.98. The van der Waals surface area contributed by atoms with E-state index in [-0.39, 0.29) is 16.9 Å². The average molecular weight is 349 g/mol. The first-order chi connectivity index (χ1) is 12.1. The summed E-state index contributed by atoms with van der Waals surface area (Å²) >= 11 is 0. The van der Waals surface area contributed by atoms with Crippen LogP contribution in [0.5, 0.6) is 0 Å². The quantitative estimate of drug-likeness (QED) is 0.679. The van der Waals surface area contributed by atoms with Gasteiger partial charge in [0.2, 0.25) is 0 Å². The molecule has 136 valence electrons. The lowest BCUT2D eigenvalue weighted by Gasteiger charge is -2.23. The Morgan fingerprint density at radius 2 is 1.58 bits per heavy atom. The van der Waals surface area contributed by atoms with Gasteiger partial charge in [-0.2, -0.15) is 5.10 Å². The highest BCUT2D eigenvalue weighted by Crippen LogP contribution is 2.28. The first-order valence-electron chi connectivity index (χ1n) is 8.97. The fourth-order valence-electron chi connectivity index (χ4n) is 2.87. The van der Waals surface area contributed by atoms with Crippen molar-refractivity contribution in [3.63, 3.8) is 0 Å². The molecule has 0 fully saturated rings. The standard InChI is InChI=1S/C22H27N3O/c1-21(2,3)18-14-19(25(24-18)22(4,5)6)23-20(26)17-12-11-15-9-7-8-10-16(15)13-17/h7-14H,1-6H3,(H,23,26). The van der Waals surface area contributed by atoms with Gasteiger partial charge in [0.25, 0.3) is 5.91 Å². The van der Waals surface area contributed by atoms with Crippen LogP contribution in [0, 0.1) is 0 Å². The Kier molecular flexibility index (Phi) is 4.39. The van der Waals surface area contributed by atoms with Crippen molar-refractivity contribution < 1.29 is 4.79 Å². The number of fused-ring (bicyclic) bond motifs is 1. The first-order valence-corrected chi connectivity index (χ1v) is 8.97. The zero-order chi connectivity index (χ0) is 19.1. The summed E-state index contributed by atoms with van der Waals surface area (Å²) in [6.45, 7) is 12.6. The van der Waals surface area contributed by atoms with E-state index in [0.717, 1.165) is 22.3 Å². The van der Waals surface area contributed by atoms with Crippen LogP contribution in [0.3, 0.4) is 0 Å². The van der Waals surface area contributed by atoms with E-state index in [4.69, 9.17) is 5.10 Å². The minimum absolute atomic E-state index is 0.0844. The molecular weight excluding hydrogens is 322 g/mol. The largest absolute Gasteiger partial charge is 0.307 e. The predicted molar refractivity (Wildman–Crippen MR) is 108 cm³/mol. The molecule has 1 amide bonds. The molecule has 0 bridgehead atoms. The third-order valence-electron chi connectivity index (χ3n) is 4.37. The lowest BCUT2D eigenvalue weighted by Crippen LogP contribution is -2.27. The second-order valence-electron chi connectivity index (χ2n) is 8.76. The summed E-state index contributed by atoms with van der Waals surface area (Å²) in [7, 11) is 0. The van der Waals surface area contributed by atoms with E-state index >= 15 is 0 Å². The number of nitrogens with zero attached hydrogens (tertiary/aromatic N) is 2. The third kappa shape index (κ3) is 3.64. The number of benzene rings is 2. The van der Waals surface area contributed by atoms with Gasteiger partial charge in [-0.1, -0.05) is 51.1 Å². The van der Waals surface area contributed by atoms with Crippen molar-refractivity contribution in [3.8, 4) is 0 Å². The van der Waals surface area contributed by atoms with Crippen molar-refractivity contribution in [3.05, 3.63) is 59.8 Å². The molecule has 0 saturated heterocycles. The Balaban J connectivity index is 1.96. The molecule has 26 heavy (non-hydrogen) atoms. The number of anilines is 1. The normalized spacial score (nSPS) is 12.4. The molecule has 3 rings (SSSR count). The van der Waals surface area contributed by atoms with Crippen LogP contribution in [0.25, 0.3) is 10.8 Å². The molecule has 1 N–H and O–H groups in total. The number of aromatic nitrogens is 2. The van der Waals surface area contributed by atoms with Gasteiger partial charge >= 0.3 is 0 Å². The molecule has 1 aromatic heterocycles. The van der Waals surface area contributed by atoms with E-state index in [9.17, 15) is 4.79 Å². The molecule has 0 spiro atoms. The smallest absolute Gasteiger partial charge is 0.256 e. The molecule has 0 saturated carbocycles. The molecule has 0 aliphatic heterocycles. The summed E-state index contributed by atoms with van der Waals surface area (Å²) in [6, 6.07) is 15.8. The van der Waals surface area contributed by atoms with Crippen LogP contribution in [0.15, 0.2) is 48.5 Å². The Morgan fingerprint density at radius 3 is 2.19 bits per heavy atom. The lowest BCUT2D eigenvalue weighted by molar-refractivity contribution is 0.102. The number of carbonyl (C=O) groups is 1. The van der Waals surface area contributed by atoms with Gasteiger partial charge in [0.15, 0.2) is 0 Å². The van der Waals surface area contributed by atoms with Crippen LogP contribution in [-0.4, -0.2) is 15.7 Å². The fourth-order valence-corrected chi connectivity index (χ4v) is 2.87. The second kappa shape index (κ2) is 6.27. The minimum atomic E-state index is -0.227. The van der Waals surface area contributed by atoms with Crippen LogP contribution < -0.4 is 5.32 Å². The molecule has 0 unspecified atom stereocenters. The molecule has 0 atom stereocenters. The highest BCUT2D eigenvalue weighted by Gasteiger charge is 2.26. The van der Waals surface area contributed by atoms with E-state index in [2.05, 4.69) is 46.9 Å². The maximum Gasteiger partial charge on any atom is 0.256 e. The van der Waals surface area contributed by atoms with Gasteiger partial charge in [-0.25, -0.2) is 4.68 Å². The van der Waals surface area contributed by atoms with Crippen molar-refractivity contribution in [2.45, 2.75) is 52.5 Å². The SMILES string of the molecule is CC(C)(C)c1cc(NC(=O)c2ccc3ccccc3c2)n(C(C)(C)C)n1. The lowest BCUT2D eigenvalue weighted by atomic mass is 9.92. The maximum atomic E-state index is 12.8. The van der Waals surface area contributed by atoms with Crippen molar-refractivity contribution in [1.82, 2.24) is 9.78 Å². The molecule has 3 aromatic rings. The minimum Gasteiger partial charge on any atom is -0.307 e. The molecule has 4 nitrogen and oxygen atoms in total. The van der Waals surface area contributed by atoms with Crippen LogP contribution in [-0.2, 0) is 11.0 Å². The van der Waals surface area contributed by atoms with Crippen LogP contribution in [0.2, 0.25) is 0 Å². The maximum absolute atomic E-state index is 12.8. The number of hydrogen-bond donors (Lipinski definition) is 1. The summed E-state index contributed by atoms with van der Waals surface area (Å²) in [5.41, 5.74) is 1.29. The zero-order valence-corrected chi connectivity index (χ0v) is 16.4. The van der Waals surface area contributed by atoms with Crippen molar-refractivity contribution in [1.29, 1.82) is 0 Å². The second-order valence-corrected chi connectivity index (χ2v) is 8.76. The number of hydrogen-bond acceptors (Lipinski definition) is 2. The Labute approximate surface area is 155 Å². The summed E-state index contributed by atoms with van der Waals surface area (Å²) in [4.78, 5) is 12.8. The summed E-state index contributed by atoms with van der Waals surface area (Å²) < 4.78 is 1.90. The highest BCUT2D eigenvalue weighted by atomic mass is 16.1. The van der Waals surface area contributed by atoms with Crippen LogP contribution in [0.1, 0.15) is 57.6 Å². The number of nitrogens with one attached hydrogen (secondary N) is 1. The first kappa shape index (κ1) is 18.2. The molecule has 1 heterocycles. The average Bonchev–Trinajstić information content (AvgIpc) is 2.98. The van der Waals surface area contributed by atoms with E-state index in [0.29, 0.717) is 5.56 Å². The Hall–Kier alpha value is -2.62. The Bertz CT molecular complexity index is 955. The molecule has 0 radical (unpaired) electrons. The number of carbonyl (C=O) groups excluding carboxylic acids is 1. The van der Waals surface area contributed by atoms with Crippen LogP contribution >= 0.6 is 0 Å². The van der Waals surface area contributed by atoms with Crippen molar-refractivity contribution in [2.75, 3.05) is 5.32 Å². The van der Waals surface area contributed by atoms with E-state index in [1.807, 2.05) is 53.2 Å². The topological polar surface area (TPSA) is 46.9 Å². The van der Waals surface area contributed by atoms with Gasteiger partial charge in [0.1, 0.15) is 5.82 Å². The van der Waals surface area contributed by atoms with Crippen LogP contribution in [0.4, 0.5) is 5.82 Å². The fraction of sp³-hybridized carbons (Fsp3) is 0.364. The van der Waals surface area contributed by atoms with Crippen molar-refractivity contribution in [2.24, 2.45) is 0 Å². The monoisotopic (exact) mass is 349 g/mol. The third-order valence-corrected chi connectivity index (χ3v) is 4.37. The van der Waals surface area contributed by atoms with Gasteiger partial charge < -0.3 is 5.32 Å². The van der Waals surface area contributed by atoms with E-state index in [1.54, 1.807) is 0 Å². The predicted octanol–water partition coefficient (Wildman–Crippen LogP) is 5.34. The molecule has 0 aliphatic carbocycles. The zero-order valence-electron chi connectivity index (χ0n) is 16.4.